The lowest BCUT2D eigenvalue weighted by Gasteiger charge is -1.95. The van der Waals surface area contributed by atoms with Gasteiger partial charge in [-0.2, -0.15) is 12.6 Å². The Labute approximate surface area is 81.2 Å². The Morgan fingerprint density at radius 1 is 1.42 bits per heavy atom. The van der Waals surface area contributed by atoms with Crippen molar-refractivity contribution in [2.24, 2.45) is 0 Å². The molecule has 2 atom stereocenters. The predicted octanol–water partition coefficient (Wildman–Crippen LogP) is 2.59. The number of halogens is 1. The molecule has 1 aromatic carbocycles. The molecule has 0 nitrogen and oxygen atoms in total. The van der Waals surface area contributed by atoms with Crippen LogP contribution in [-0.2, 0) is 0 Å². The number of hydrogen-bond acceptors (Lipinski definition) is 2. The molecule has 62 valence electrons. The zero-order valence-corrected chi connectivity index (χ0v) is 7.91. The Kier molecular flexibility index (Phi) is 1.93. The highest BCUT2D eigenvalue weighted by Crippen LogP contribution is 2.42. The summed E-state index contributed by atoms with van der Waals surface area (Å²) in [6, 6.07) is 6.54. The lowest BCUT2D eigenvalue weighted by Crippen LogP contribution is -1.83. The van der Waals surface area contributed by atoms with Crippen LogP contribution in [0.4, 0.5) is 4.39 Å². The predicted molar refractivity (Wildman–Crippen MR) is 54.5 cm³/mol. The van der Waals surface area contributed by atoms with Gasteiger partial charge in [-0.05, 0) is 17.7 Å². The van der Waals surface area contributed by atoms with Gasteiger partial charge in [-0.3, -0.25) is 0 Å². The maximum Gasteiger partial charge on any atom is 0.123 e. The van der Waals surface area contributed by atoms with Crippen molar-refractivity contribution in [3.63, 3.8) is 0 Å². The third kappa shape index (κ3) is 1.27. The summed E-state index contributed by atoms with van der Waals surface area (Å²) in [5.41, 5.74) is 0.944. The van der Waals surface area contributed by atoms with Gasteiger partial charge in [-0.1, -0.05) is 24.4 Å². The van der Waals surface area contributed by atoms with E-state index in [2.05, 4.69) is 12.6 Å². The summed E-state index contributed by atoms with van der Waals surface area (Å²) in [5.74, 6) is -0.0123. The first-order valence-corrected chi connectivity index (χ1v) is 4.60. The minimum Gasteiger partial charge on any atom is -0.207 e. The maximum atomic E-state index is 12.7. The molecule has 0 aliphatic heterocycles. The molecule has 0 amide bonds. The smallest absolute Gasteiger partial charge is 0.123 e. The number of thiocarbonyl (C=S) groups is 1. The van der Waals surface area contributed by atoms with Crippen molar-refractivity contribution in [3.05, 3.63) is 35.6 Å². The first kappa shape index (κ1) is 8.20. The maximum absolute atomic E-state index is 12.7. The molecule has 1 saturated carbocycles. The van der Waals surface area contributed by atoms with Gasteiger partial charge >= 0.3 is 0 Å². The standard InChI is InChI=1S/C9H7FS2/c10-6-3-1-2-5(4-6)7-8(11)9(7)12/h1-4,7-8,11H. The van der Waals surface area contributed by atoms with E-state index in [0.29, 0.717) is 0 Å². The van der Waals surface area contributed by atoms with Crippen LogP contribution >= 0.6 is 24.8 Å². The zero-order chi connectivity index (χ0) is 8.72. The first-order chi connectivity index (χ1) is 5.70. The van der Waals surface area contributed by atoms with Crippen molar-refractivity contribution in [3.8, 4) is 0 Å². The summed E-state index contributed by atoms with van der Waals surface area (Å²) in [4.78, 5) is 0.920. The minimum absolute atomic E-state index is 0.154. The molecule has 0 N–H and O–H groups in total. The third-order valence-corrected chi connectivity index (χ3v) is 3.27. The average Bonchev–Trinajstić information content (AvgIpc) is 2.60. The Morgan fingerprint density at radius 2 is 2.08 bits per heavy atom. The molecule has 1 aromatic rings. The van der Waals surface area contributed by atoms with Gasteiger partial charge < -0.3 is 0 Å². The Balaban J connectivity index is 2.31. The van der Waals surface area contributed by atoms with Crippen molar-refractivity contribution in [2.45, 2.75) is 11.2 Å². The van der Waals surface area contributed by atoms with E-state index in [1.807, 2.05) is 6.07 Å². The molecule has 0 saturated heterocycles. The van der Waals surface area contributed by atoms with Crippen molar-refractivity contribution in [1.29, 1.82) is 0 Å². The van der Waals surface area contributed by atoms with Gasteiger partial charge in [0.05, 0.1) is 0 Å². The molecule has 1 aliphatic rings. The summed E-state index contributed by atoms with van der Waals surface area (Å²) < 4.78 is 12.7. The molecular formula is C9H7FS2. The van der Waals surface area contributed by atoms with Gasteiger partial charge in [0, 0.05) is 16.0 Å². The Morgan fingerprint density at radius 3 is 2.58 bits per heavy atom. The molecule has 0 aromatic heterocycles. The average molecular weight is 198 g/mol. The monoisotopic (exact) mass is 198 g/mol. The summed E-state index contributed by atoms with van der Waals surface area (Å²) in [6.07, 6.45) is 0. The quantitative estimate of drug-likeness (QED) is 0.534. The van der Waals surface area contributed by atoms with Crippen LogP contribution in [0.1, 0.15) is 11.5 Å². The van der Waals surface area contributed by atoms with Gasteiger partial charge in [-0.15, -0.1) is 0 Å². The minimum atomic E-state index is -0.206. The molecule has 0 heterocycles. The lowest BCUT2D eigenvalue weighted by atomic mass is 10.1. The second kappa shape index (κ2) is 2.82. The molecule has 12 heavy (non-hydrogen) atoms. The third-order valence-electron chi connectivity index (χ3n) is 2.01. The highest BCUT2D eigenvalue weighted by atomic mass is 32.1. The fourth-order valence-electron chi connectivity index (χ4n) is 1.27. The number of thiol groups is 1. The van der Waals surface area contributed by atoms with Crippen molar-refractivity contribution in [1.82, 2.24) is 0 Å². The topological polar surface area (TPSA) is 0 Å². The van der Waals surface area contributed by atoms with Crippen LogP contribution in [0.5, 0.6) is 0 Å². The number of benzene rings is 1. The Hall–Kier alpha value is -0.410. The molecule has 0 spiro atoms. The molecule has 0 radical (unpaired) electrons. The summed E-state index contributed by atoms with van der Waals surface area (Å²) >= 11 is 9.27. The van der Waals surface area contributed by atoms with Crippen LogP contribution < -0.4 is 0 Å². The number of rotatable bonds is 1. The van der Waals surface area contributed by atoms with Gasteiger partial charge in [0.25, 0.3) is 0 Å². The molecule has 0 bridgehead atoms. The highest BCUT2D eigenvalue weighted by molar-refractivity contribution is 7.88. The summed E-state index contributed by atoms with van der Waals surface area (Å²) in [5, 5.41) is 0.154. The molecule has 3 heteroatoms. The van der Waals surface area contributed by atoms with Gasteiger partial charge in [0.1, 0.15) is 5.82 Å². The van der Waals surface area contributed by atoms with E-state index in [1.54, 1.807) is 6.07 Å². The van der Waals surface area contributed by atoms with Gasteiger partial charge in [-0.25, -0.2) is 4.39 Å². The molecule has 2 unspecified atom stereocenters. The normalized spacial score (nSPS) is 27.3. The molecule has 2 rings (SSSR count). The van der Waals surface area contributed by atoms with E-state index in [1.165, 1.54) is 12.1 Å². The lowest BCUT2D eigenvalue weighted by molar-refractivity contribution is 0.626. The van der Waals surface area contributed by atoms with Gasteiger partial charge in [0.2, 0.25) is 0 Å². The van der Waals surface area contributed by atoms with Crippen molar-refractivity contribution < 1.29 is 4.39 Å². The SMILES string of the molecule is Fc1cccc(C2C(=S)C2S)c1. The number of hydrogen-bond donors (Lipinski definition) is 1. The van der Waals surface area contributed by atoms with Crippen LogP contribution in [0.3, 0.4) is 0 Å². The zero-order valence-electron chi connectivity index (χ0n) is 6.20. The largest absolute Gasteiger partial charge is 0.207 e. The van der Waals surface area contributed by atoms with Crippen LogP contribution in [-0.4, -0.2) is 10.1 Å². The molecular weight excluding hydrogens is 191 g/mol. The van der Waals surface area contributed by atoms with Crippen LogP contribution in [0.15, 0.2) is 24.3 Å². The fraction of sp³-hybridized carbons (Fsp3) is 0.222. The van der Waals surface area contributed by atoms with E-state index in [4.69, 9.17) is 12.2 Å². The first-order valence-electron chi connectivity index (χ1n) is 3.67. The van der Waals surface area contributed by atoms with Gasteiger partial charge in [0.15, 0.2) is 0 Å². The van der Waals surface area contributed by atoms with E-state index in [-0.39, 0.29) is 17.0 Å². The Bertz CT molecular complexity index is 335. The molecule has 1 fully saturated rings. The van der Waals surface area contributed by atoms with E-state index < -0.39 is 0 Å². The second-order valence-electron chi connectivity index (χ2n) is 2.88. The fourth-order valence-corrected chi connectivity index (χ4v) is 2.12. The summed E-state index contributed by atoms with van der Waals surface area (Å²) in [7, 11) is 0. The molecule has 1 aliphatic carbocycles. The summed E-state index contributed by atoms with van der Waals surface area (Å²) in [6.45, 7) is 0. The second-order valence-corrected chi connectivity index (χ2v) is 3.91. The van der Waals surface area contributed by atoms with E-state index >= 15 is 0 Å². The van der Waals surface area contributed by atoms with Crippen LogP contribution in [0, 0.1) is 5.82 Å². The van der Waals surface area contributed by atoms with Crippen molar-refractivity contribution in [2.75, 3.05) is 0 Å². The van der Waals surface area contributed by atoms with Crippen LogP contribution in [0.25, 0.3) is 0 Å². The highest BCUT2D eigenvalue weighted by Gasteiger charge is 2.42. The van der Waals surface area contributed by atoms with E-state index in [0.717, 1.165) is 10.4 Å². The van der Waals surface area contributed by atoms with Crippen molar-refractivity contribution >= 4 is 29.7 Å². The van der Waals surface area contributed by atoms with E-state index in [9.17, 15) is 4.39 Å². The van der Waals surface area contributed by atoms with Crippen LogP contribution in [0.2, 0.25) is 0 Å².